The third kappa shape index (κ3) is 7.55. The number of halogens is 1. The summed E-state index contributed by atoms with van der Waals surface area (Å²) in [6.07, 6.45) is 3.22. The summed E-state index contributed by atoms with van der Waals surface area (Å²) in [5.41, 5.74) is 2.04. The molecule has 0 aliphatic carbocycles. The lowest BCUT2D eigenvalue weighted by Crippen LogP contribution is -2.12. The highest BCUT2D eigenvalue weighted by Gasteiger charge is 2.07. The van der Waals surface area contributed by atoms with E-state index in [1.54, 1.807) is 0 Å². The van der Waals surface area contributed by atoms with Gasteiger partial charge in [-0.3, -0.25) is 4.79 Å². The Kier molecular flexibility index (Phi) is 9.35. The zero-order valence-corrected chi connectivity index (χ0v) is 18.6. The van der Waals surface area contributed by atoms with Gasteiger partial charge in [-0.1, -0.05) is 33.3 Å². The van der Waals surface area contributed by atoms with Crippen LogP contribution in [0.5, 0.6) is 11.5 Å². The molecule has 0 aromatic heterocycles. The Hall–Kier alpha value is -2.01. The molecule has 0 aliphatic rings. The van der Waals surface area contributed by atoms with E-state index in [0.29, 0.717) is 25.4 Å². The first-order chi connectivity index (χ1) is 13.5. The van der Waals surface area contributed by atoms with Gasteiger partial charge in [-0.15, -0.1) is 0 Å². The first-order valence-corrected chi connectivity index (χ1v) is 10.7. The van der Waals surface area contributed by atoms with E-state index in [1.807, 2.05) is 30.3 Å². The number of carbonyl (C=O) groups excluding carboxylic acids is 1. The van der Waals surface area contributed by atoms with Crippen molar-refractivity contribution in [3.05, 3.63) is 52.5 Å². The average Bonchev–Trinajstić information content (AvgIpc) is 2.67. The minimum Gasteiger partial charge on any atom is -0.494 e. The van der Waals surface area contributed by atoms with Crippen LogP contribution >= 0.6 is 15.9 Å². The van der Waals surface area contributed by atoms with Crippen molar-refractivity contribution in [1.82, 2.24) is 0 Å². The monoisotopic (exact) mass is 447 g/mol. The zero-order chi connectivity index (χ0) is 20.4. The van der Waals surface area contributed by atoms with Crippen molar-refractivity contribution in [1.29, 1.82) is 0 Å². The summed E-state index contributed by atoms with van der Waals surface area (Å²) in [7, 11) is 0. The molecule has 4 nitrogen and oxygen atoms in total. The van der Waals surface area contributed by atoms with E-state index in [2.05, 4.69) is 54.2 Å². The Morgan fingerprint density at radius 1 is 1.04 bits per heavy atom. The van der Waals surface area contributed by atoms with Gasteiger partial charge in [0.2, 0.25) is 5.91 Å². The normalized spacial score (nSPS) is 10.8. The van der Waals surface area contributed by atoms with Crippen LogP contribution < -0.4 is 14.8 Å². The number of nitrogens with one attached hydrogen (secondary N) is 1. The van der Waals surface area contributed by atoms with Crippen LogP contribution in [0.25, 0.3) is 0 Å². The van der Waals surface area contributed by atoms with Crippen molar-refractivity contribution in [2.24, 2.45) is 0 Å². The van der Waals surface area contributed by atoms with Gasteiger partial charge in [0.1, 0.15) is 11.5 Å². The van der Waals surface area contributed by atoms with Gasteiger partial charge in [0.05, 0.1) is 17.7 Å². The van der Waals surface area contributed by atoms with Crippen LogP contribution in [-0.2, 0) is 4.79 Å². The second kappa shape index (κ2) is 11.7. The molecule has 28 heavy (non-hydrogen) atoms. The minimum atomic E-state index is -0.0162. The van der Waals surface area contributed by atoms with E-state index in [1.165, 1.54) is 5.56 Å². The molecule has 0 fully saturated rings. The fourth-order valence-corrected chi connectivity index (χ4v) is 3.11. The van der Waals surface area contributed by atoms with E-state index < -0.39 is 0 Å². The van der Waals surface area contributed by atoms with Crippen LogP contribution in [0.1, 0.15) is 57.9 Å². The van der Waals surface area contributed by atoms with E-state index in [0.717, 1.165) is 41.1 Å². The van der Waals surface area contributed by atoms with Crippen molar-refractivity contribution in [3.8, 4) is 11.5 Å². The highest BCUT2D eigenvalue weighted by atomic mass is 79.9. The molecule has 2 aromatic rings. The fourth-order valence-electron chi connectivity index (χ4n) is 2.60. The van der Waals surface area contributed by atoms with Gasteiger partial charge in [0.25, 0.3) is 0 Å². The maximum Gasteiger partial charge on any atom is 0.224 e. The molecule has 2 rings (SSSR count). The predicted molar refractivity (Wildman–Crippen MR) is 118 cm³/mol. The molecule has 2 aromatic carbocycles. The van der Waals surface area contributed by atoms with Crippen molar-refractivity contribution >= 4 is 27.5 Å². The Morgan fingerprint density at radius 3 is 2.39 bits per heavy atom. The molecule has 5 heteroatoms. The molecule has 0 saturated carbocycles. The third-order valence-corrected chi connectivity index (χ3v) is 4.95. The summed E-state index contributed by atoms with van der Waals surface area (Å²) >= 11 is 3.55. The summed E-state index contributed by atoms with van der Waals surface area (Å²) < 4.78 is 12.4. The van der Waals surface area contributed by atoms with Crippen LogP contribution in [0.3, 0.4) is 0 Å². The Bertz CT molecular complexity index is 744. The highest BCUT2D eigenvalue weighted by Crippen LogP contribution is 2.29. The van der Waals surface area contributed by atoms with Crippen molar-refractivity contribution in [3.63, 3.8) is 0 Å². The molecule has 152 valence electrons. The number of unbranched alkanes of at least 4 members (excludes halogenated alkanes) is 1. The van der Waals surface area contributed by atoms with E-state index in [4.69, 9.17) is 9.47 Å². The summed E-state index contributed by atoms with van der Waals surface area (Å²) in [6, 6.07) is 13.6. The summed E-state index contributed by atoms with van der Waals surface area (Å²) in [6.45, 7) is 7.67. The molecular formula is C23H30BrNO3. The van der Waals surface area contributed by atoms with Crippen LogP contribution in [-0.4, -0.2) is 19.1 Å². The lowest BCUT2D eigenvalue weighted by Gasteiger charge is -2.11. The molecule has 0 radical (unpaired) electrons. The van der Waals surface area contributed by atoms with Gasteiger partial charge in [0.15, 0.2) is 0 Å². The van der Waals surface area contributed by atoms with Crippen LogP contribution in [0, 0.1) is 0 Å². The first kappa shape index (κ1) is 22.3. The summed E-state index contributed by atoms with van der Waals surface area (Å²) in [5.74, 6) is 2.10. The lowest BCUT2D eigenvalue weighted by molar-refractivity contribution is -0.116. The van der Waals surface area contributed by atoms with Crippen molar-refractivity contribution in [2.45, 2.75) is 52.4 Å². The molecule has 0 atom stereocenters. The Balaban J connectivity index is 1.70. The smallest absolute Gasteiger partial charge is 0.224 e. The fraction of sp³-hybridized carbons (Fsp3) is 0.435. The van der Waals surface area contributed by atoms with Crippen LogP contribution in [0.2, 0.25) is 0 Å². The topological polar surface area (TPSA) is 47.6 Å². The van der Waals surface area contributed by atoms with E-state index >= 15 is 0 Å². The molecule has 0 bridgehead atoms. The number of hydrogen-bond donors (Lipinski definition) is 1. The summed E-state index contributed by atoms with van der Waals surface area (Å²) in [4.78, 5) is 12.1. The highest BCUT2D eigenvalue weighted by molar-refractivity contribution is 9.10. The SMILES string of the molecule is CCCCOc1ccc(NC(=O)CCCOc2ccc(C(C)C)cc2Br)cc1. The molecule has 0 spiro atoms. The molecule has 0 heterocycles. The van der Waals surface area contributed by atoms with E-state index in [9.17, 15) is 4.79 Å². The number of hydrogen-bond acceptors (Lipinski definition) is 3. The van der Waals surface area contributed by atoms with E-state index in [-0.39, 0.29) is 5.91 Å². The molecule has 0 aliphatic heterocycles. The largest absolute Gasteiger partial charge is 0.494 e. The molecule has 0 saturated heterocycles. The first-order valence-electron chi connectivity index (χ1n) is 9.94. The number of anilines is 1. The number of benzene rings is 2. The number of ether oxygens (including phenoxy) is 2. The molecule has 1 amide bonds. The second-order valence-electron chi connectivity index (χ2n) is 7.07. The maximum atomic E-state index is 12.1. The van der Waals surface area contributed by atoms with Crippen LogP contribution in [0.4, 0.5) is 5.69 Å². The van der Waals surface area contributed by atoms with Gasteiger partial charge < -0.3 is 14.8 Å². The van der Waals surface area contributed by atoms with Crippen molar-refractivity contribution < 1.29 is 14.3 Å². The molecule has 0 unspecified atom stereocenters. The maximum absolute atomic E-state index is 12.1. The Labute approximate surface area is 176 Å². The predicted octanol–water partition coefficient (Wildman–Crippen LogP) is 6.55. The summed E-state index contributed by atoms with van der Waals surface area (Å²) in [5, 5.41) is 2.91. The molecule has 1 N–H and O–H groups in total. The number of rotatable bonds is 11. The number of amides is 1. The second-order valence-corrected chi connectivity index (χ2v) is 7.93. The third-order valence-electron chi connectivity index (χ3n) is 4.33. The Morgan fingerprint density at radius 2 is 1.75 bits per heavy atom. The van der Waals surface area contributed by atoms with Crippen LogP contribution in [0.15, 0.2) is 46.9 Å². The van der Waals surface area contributed by atoms with Gasteiger partial charge in [-0.2, -0.15) is 0 Å². The quantitative estimate of drug-likeness (QED) is 0.397. The van der Waals surface area contributed by atoms with Crippen molar-refractivity contribution in [2.75, 3.05) is 18.5 Å². The van der Waals surface area contributed by atoms with Gasteiger partial charge in [0, 0.05) is 12.1 Å². The van der Waals surface area contributed by atoms with Gasteiger partial charge in [-0.05, 0) is 76.7 Å². The molecular weight excluding hydrogens is 418 g/mol. The zero-order valence-electron chi connectivity index (χ0n) is 17.0. The number of carbonyl (C=O) groups is 1. The lowest BCUT2D eigenvalue weighted by atomic mass is 10.0. The van der Waals surface area contributed by atoms with Gasteiger partial charge in [-0.25, -0.2) is 0 Å². The standard InChI is InChI=1S/C23H30BrNO3/c1-4-5-14-27-20-11-9-19(10-12-20)25-23(26)7-6-15-28-22-13-8-18(17(2)3)16-21(22)24/h8-13,16-17H,4-7,14-15H2,1-3H3,(H,25,26). The average molecular weight is 448 g/mol. The van der Waals surface area contributed by atoms with Gasteiger partial charge >= 0.3 is 0 Å². The minimum absolute atomic E-state index is 0.0162.